The summed E-state index contributed by atoms with van der Waals surface area (Å²) in [4.78, 5) is 16.4. The highest BCUT2D eigenvalue weighted by Gasteiger charge is 2.09. The van der Waals surface area contributed by atoms with E-state index in [4.69, 9.17) is 32.7 Å². The molecule has 3 rings (SSSR count). The van der Waals surface area contributed by atoms with Gasteiger partial charge < -0.3 is 9.47 Å². The summed E-state index contributed by atoms with van der Waals surface area (Å²) in [5.41, 5.74) is 2.39. The van der Waals surface area contributed by atoms with Crippen LogP contribution >= 0.6 is 23.2 Å². The Morgan fingerprint density at radius 1 is 0.966 bits per heavy atom. The molecule has 0 unspecified atom stereocenters. The van der Waals surface area contributed by atoms with Gasteiger partial charge in [-0.25, -0.2) is 4.79 Å². The molecule has 6 heteroatoms. The normalized spacial score (nSPS) is 11.1. The fourth-order valence-electron chi connectivity index (χ4n) is 2.47. The lowest BCUT2D eigenvalue weighted by molar-refractivity contribution is -0.129. The summed E-state index contributed by atoms with van der Waals surface area (Å²) >= 11 is 12.0. The monoisotopic (exact) mass is 425 g/mol. The number of nitrogens with zero attached hydrogens (tertiary/aromatic N) is 1. The van der Waals surface area contributed by atoms with Crippen molar-refractivity contribution in [2.75, 3.05) is 7.11 Å². The number of methoxy groups -OCH3 is 1. The van der Waals surface area contributed by atoms with E-state index >= 15 is 0 Å². The smallest absolute Gasteiger partial charge is 0.336 e. The van der Waals surface area contributed by atoms with Crippen LogP contribution in [0.1, 0.15) is 16.8 Å². The van der Waals surface area contributed by atoms with E-state index in [2.05, 4.69) is 4.98 Å². The third-order valence-corrected chi connectivity index (χ3v) is 4.46. The number of carbonyl (C=O) groups is 1. The van der Waals surface area contributed by atoms with Crippen molar-refractivity contribution in [3.8, 4) is 11.5 Å². The number of rotatable bonds is 6. The number of pyridine rings is 1. The lowest BCUT2D eigenvalue weighted by Gasteiger charge is -2.08. The van der Waals surface area contributed by atoms with E-state index in [1.165, 1.54) is 13.2 Å². The van der Waals surface area contributed by atoms with Gasteiger partial charge in [0.1, 0.15) is 0 Å². The minimum Gasteiger partial charge on any atom is -0.493 e. The van der Waals surface area contributed by atoms with Gasteiger partial charge in [-0.1, -0.05) is 47.5 Å². The Morgan fingerprint density at radius 2 is 1.83 bits per heavy atom. The SMILES string of the molecule is COc1cc(/C=C/c2ccccn2)ccc1OC(=O)/C=C/c1ccc(Cl)cc1Cl. The minimum absolute atomic E-state index is 0.319. The van der Waals surface area contributed by atoms with Gasteiger partial charge in [0.05, 0.1) is 12.8 Å². The molecule has 0 radical (unpaired) electrons. The first-order chi connectivity index (χ1) is 14.0. The highest BCUT2D eigenvalue weighted by Crippen LogP contribution is 2.29. The second-order valence-corrected chi connectivity index (χ2v) is 6.76. The Morgan fingerprint density at radius 3 is 2.55 bits per heavy atom. The van der Waals surface area contributed by atoms with Crippen LogP contribution in [-0.2, 0) is 4.79 Å². The molecule has 1 aromatic heterocycles. The first-order valence-corrected chi connectivity index (χ1v) is 9.43. The van der Waals surface area contributed by atoms with Crippen molar-refractivity contribution >= 4 is 47.4 Å². The molecule has 0 aliphatic heterocycles. The highest BCUT2D eigenvalue weighted by atomic mass is 35.5. The molecule has 0 spiro atoms. The van der Waals surface area contributed by atoms with Gasteiger partial charge in [0.15, 0.2) is 11.5 Å². The maximum absolute atomic E-state index is 12.2. The summed E-state index contributed by atoms with van der Waals surface area (Å²) in [6, 6.07) is 16.0. The van der Waals surface area contributed by atoms with Crippen LogP contribution in [0.25, 0.3) is 18.2 Å². The molecule has 3 aromatic rings. The van der Waals surface area contributed by atoms with E-state index in [-0.39, 0.29) is 0 Å². The van der Waals surface area contributed by atoms with Crippen LogP contribution in [0.3, 0.4) is 0 Å². The van der Waals surface area contributed by atoms with E-state index in [1.807, 2.05) is 36.4 Å². The molecule has 146 valence electrons. The van der Waals surface area contributed by atoms with Crippen LogP contribution in [0.5, 0.6) is 11.5 Å². The molecule has 0 fully saturated rings. The van der Waals surface area contributed by atoms with Crippen molar-refractivity contribution < 1.29 is 14.3 Å². The zero-order valence-corrected chi connectivity index (χ0v) is 17.0. The minimum atomic E-state index is -0.550. The van der Waals surface area contributed by atoms with Gasteiger partial charge in [-0.15, -0.1) is 0 Å². The van der Waals surface area contributed by atoms with Gasteiger partial charge in [0.25, 0.3) is 0 Å². The summed E-state index contributed by atoms with van der Waals surface area (Å²) in [5, 5.41) is 0.972. The molecule has 2 aromatic carbocycles. The van der Waals surface area contributed by atoms with Crippen LogP contribution in [0.2, 0.25) is 10.0 Å². The maximum atomic E-state index is 12.2. The van der Waals surface area contributed by atoms with E-state index < -0.39 is 5.97 Å². The Kier molecular flexibility index (Phi) is 7.06. The first kappa shape index (κ1) is 20.6. The lowest BCUT2D eigenvalue weighted by Crippen LogP contribution is -2.05. The molecule has 0 saturated carbocycles. The zero-order valence-electron chi connectivity index (χ0n) is 15.5. The predicted octanol–water partition coefficient (Wildman–Crippen LogP) is 6.19. The van der Waals surface area contributed by atoms with Gasteiger partial charge >= 0.3 is 5.97 Å². The molecular weight excluding hydrogens is 409 g/mol. The topological polar surface area (TPSA) is 48.4 Å². The van der Waals surface area contributed by atoms with Crippen LogP contribution in [0.15, 0.2) is 66.9 Å². The van der Waals surface area contributed by atoms with Gasteiger partial charge in [-0.2, -0.15) is 0 Å². The average Bonchev–Trinajstić information content (AvgIpc) is 2.73. The number of carbonyl (C=O) groups excluding carboxylic acids is 1. The fourth-order valence-corrected chi connectivity index (χ4v) is 2.94. The zero-order chi connectivity index (χ0) is 20.6. The maximum Gasteiger partial charge on any atom is 0.336 e. The molecule has 0 aliphatic carbocycles. The van der Waals surface area contributed by atoms with Crippen molar-refractivity contribution in [1.29, 1.82) is 0 Å². The summed E-state index contributed by atoms with van der Waals surface area (Å²) in [6.07, 6.45) is 8.38. The summed E-state index contributed by atoms with van der Waals surface area (Å²) in [6.45, 7) is 0. The van der Waals surface area contributed by atoms with Gasteiger partial charge in [-0.3, -0.25) is 4.98 Å². The van der Waals surface area contributed by atoms with Crippen LogP contribution in [0, 0.1) is 0 Å². The summed E-state index contributed by atoms with van der Waals surface area (Å²) in [7, 11) is 1.52. The van der Waals surface area contributed by atoms with E-state index in [9.17, 15) is 4.79 Å². The first-order valence-electron chi connectivity index (χ1n) is 8.67. The molecule has 1 heterocycles. The Bertz CT molecular complexity index is 1060. The largest absolute Gasteiger partial charge is 0.493 e. The quantitative estimate of drug-likeness (QED) is 0.268. The van der Waals surface area contributed by atoms with Gasteiger partial charge in [0, 0.05) is 22.3 Å². The molecule has 29 heavy (non-hydrogen) atoms. The number of halogens is 2. The predicted molar refractivity (Wildman–Crippen MR) is 117 cm³/mol. The van der Waals surface area contributed by atoms with E-state index in [0.29, 0.717) is 27.1 Å². The second-order valence-electron chi connectivity index (χ2n) is 5.92. The van der Waals surface area contributed by atoms with Crippen LogP contribution in [-0.4, -0.2) is 18.1 Å². The third kappa shape index (κ3) is 5.95. The number of aromatic nitrogens is 1. The Hall–Kier alpha value is -3.08. The highest BCUT2D eigenvalue weighted by molar-refractivity contribution is 6.35. The Balaban J connectivity index is 1.70. The number of benzene rings is 2. The fraction of sp³-hybridized carbons (Fsp3) is 0.0435. The van der Waals surface area contributed by atoms with Gasteiger partial charge in [0.2, 0.25) is 0 Å². The van der Waals surface area contributed by atoms with Gasteiger partial charge in [-0.05, 0) is 59.7 Å². The van der Waals surface area contributed by atoms with Crippen molar-refractivity contribution in [2.45, 2.75) is 0 Å². The third-order valence-electron chi connectivity index (χ3n) is 3.89. The van der Waals surface area contributed by atoms with Crippen molar-refractivity contribution in [1.82, 2.24) is 4.98 Å². The van der Waals surface area contributed by atoms with Crippen molar-refractivity contribution in [3.05, 3.63) is 93.7 Å². The standard InChI is InChI=1S/C23H17Cl2NO3/c1-28-22-14-16(5-10-19-4-2-3-13-26-19)6-11-21(22)29-23(27)12-8-17-7-9-18(24)15-20(17)25/h2-15H,1H3/b10-5+,12-8+. The van der Waals surface area contributed by atoms with Crippen molar-refractivity contribution in [2.24, 2.45) is 0 Å². The molecule has 0 amide bonds. The molecular formula is C23H17Cl2NO3. The number of hydrogen-bond acceptors (Lipinski definition) is 4. The molecule has 0 saturated heterocycles. The molecule has 4 nitrogen and oxygen atoms in total. The Labute approximate surface area is 179 Å². The van der Waals surface area contributed by atoms with Crippen molar-refractivity contribution in [3.63, 3.8) is 0 Å². The summed E-state index contributed by atoms with van der Waals surface area (Å²) < 4.78 is 10.7. The van der Waals surface area contributed by atoms with Crippen LogP contribution in [0.4, 0.5) is 0 Å². The molecule has 0 atom stereocenters. The average molecular weight is 426 g/mol. The second kappa shape index (κ2) is 9.92. The number of esters is 1. The van der Waals surface area contributed by atoms with E-state index in [0.717, 1.165) is 11.3 Å². The van der Waals surface area contributed by atoms with Crippen LogP contribution < -0.4 is 9.47 Å². The molecule has 0 bridgehead atoms. The summed E-state index contributed by atoms with van der Waals surface area (Å²) in [5.74, 6) is 0.213. The number of ether oxygens (including phenoxy) is 2. The molecule has 0 aliphatic rings. The lowest BCUT2D eigenvalue weighted by atomic mass is 10.1. The molecule has 0 N–H and O–H groups in total. The number of hydrogen-bond donors (Lipinski definition) is 0. The van der Waals surface area contributed by atoms with E-state index in [1.54, 1.807) is 42.6 Å².